The first-order valence-electron chi connectivity index (χ1n) is 11.8. The molecule has 0 aliphatic heterocycles. The van der Waals surface area contributed by atoms with E-state index < -0.39 is 14.2 Å². The fraction of sp³-hybridized carbons (Fsp3) is 0.423. The van der Waals surface area contributed by atoms with Gasteiger partial charge in [0.15, 0.2) is 8.32 Å². The van der Waals surface area contributed by atoms with E-state index in [1.807, 2.05) is 30.3 Å². The molecule has 9 nitrogen and oxygen atoms in total. The number of pyridine rings is 1. The van der Waals surface area contributed by atoms with Gasteiger partial charge in [0.25, 0.3) is 5.89 Å². The molecule has 2 heterocycles. The van der Waals surface area contributed by atoms with Crippen LogP contribution in [-0.4, -0.2) is 44.5 Å². The smallest absolute Gasteiger partial charge is 0.309 e. The first-order chi connectivity index (χ1) is 17.0. The van der Waals surface area contributed by atoms with Crippen molar-refractivity contribution in [2.75, 3.05) is 20.3 Å². The number of carbonyl (C=O) groups is 1. The van der Waals surface area contributed by atoms with Gasteiger partial charge < -0.3 is 28.8 Å². The van der Waals surface area contributed by atoms with Crippen LogP contribution in [0.5, 0.6) is 17.6 Å². The molecule has 1 aromatic carbocycles. The maximum atomic E-state index is 11.6. The monoisotopic (exact) mass is 513 g/mol. The molecule has 2 N–H and O–H groups in total. The minimum Gasteiger partial charge on any atom is -0.491 e. The average molecular weight is 514 g/mol. The molecule has 3 aromatic rings. The molecule has 0 saturated heterocycles. The van der Waals surface area contributed by atoms with E-state index in [0.29, 0.717) is 31.2 Å². The van der Waals surface area contributed by atoms with Gasteiger partial charge in [-0.15, -0.1) is 0 Å². The van der Waals surface area contributed by atoms with Gasteiger partial charge in [0.2, 0.25) is 5.88 Å². The largest absolute Gasteiger partial charge is 0.491 e. The first-order valence-corrected chi connectivity index (χ1v) is 14.7. The lowest BCUT2D eigenvalue weighted by molar-refractivity contribution is 0.0957. The second-order valence-electron chi connectivity index (χ2n) is 9.89. The highest BCUT2D eigenvalue weighted by Gasteiger charge is 2.36. The fourth-order valence-corrected chi connectivity index (χ4v) is 4.03. The van der Waals surface area contributed by atoms with E-state index in [2.05, 4.69) is 43.8 Å². The average Bonchev–Trinajstić information content (AvgIpc) is 3.24. The number of hydrogen-bond donors (Lipinski definition) is 1. The summed E-state index contributed by atoms with van der Waals surface area (Å²) in [4.78, 5) is 20.0. The number of carbonyl (C=O) groups excluding carboxylic acids is 1. The summed E-state index contributed by atoms with van der Waals surface area (Å²) in [5, 5.41) is 0.168. The summed E-state index contributed by atoms with van der Waals surface area (Å²) >= 11 is 0. The van der Waals surface area contributed by atoms with Gasteiger partial charge in [0.05, 0.1) is 13.7 Å². The Balaban J connectivity index is 1.56. The van der Waals surface area contributed by atoms with Crippen LogP contribution in [0.15, 0.2) is 47.0 Å². The zero-order valence-electron chi connectivity index (χ0n) is 21.8. The predicted octanol–water partition coefficient (Wildman–Crippen LogP) is 4.75. The summed E-state index contributed by atoms with van der Waals surface area (Å²) in [6.07, 6.45) is 2.02. The Kier molecular flexibility index (Phi) is 8.75. The topological polar surface area (TPSA) is 119 Å². The SMILES string of the molecule is COc1ccc(Cc2nc(C(N)=O)oc2OCc2ccc(OCCO[Si](C)(C)C(C)(C)C)cc2)cn1. The van der Waals surface area contributed by atoms with Crippen molar-refractivity contribution in [1.82, 2.24) is 9.97 Å². The molecule has 0 aliphatic rings. The van der Waals surface area contributed by atoms with Crippen molar-refractivity contribution >= 4 is 14.2 Å². The highest BCUT2D eigenvalue weighted by atomic mass is 28.4. The number of ether oxygens (including phenoxy) is 3. The van der Waals surface area contributed by atoms with Gasteiger partial charge in [0, 0.05) is 18.7 Å². The van der Waals surface area contributed by atoms with Crippen LogP contribution in [-0.2, 0) is 17.5 Å². The van der Waals surface area contributed by atoms with Gasteiger partial charge in [-0.3, -0.25) is 4.79 Å². The third kappa shape index (κ3) is 7.31. The highest BCUT2D eigenvalue weighted by Crippen LogP contribution is 2.36. The zero-order chi connectivity index (χ0) is 26.3. The first kappa shape index (κ1) is 27.2. The van der Waals surface area contributed by atoms with Crippen molar-refractivity contribution < 1.29 is 27.8 Å². The molecular formula is C26H35N3O6Si. The fourth-order valence-electron chi connectivity index (χ4n) is 3.00. The Morgan fingerprint density at radius 1 is 1.03 bits per heavy atom. The third-order valence-electron chi connectivity index (χ3n) is 6.17. The molecule has 2 aromatic heterocycles. The van der Waals surface area contributed by atoms with Crippen molar-refractivity contribution in [3.8, 4) is 17.6 Å². The molecule has 0 atom stereocenters. The van der Waals surface area contributed by atoms with Gasteiger partial charge in [-0.1, -0.05) is 39.0 Å². The zero-order valence-corrected chi connectivity index (χ0v) is 22.8. The molecule has 1 amide bonds. The van der Waals surface area contributed by atoms with Crippen molar-refractivity contribution in [2.45, 2.75) is 51.9 Å². The molecule has 0 bridgehead atoms. The van der Waals surface area contributed by atoms with Crippen LogP contribution in [0, 0.1) is 0 Å². The van der Waals surface area contributed by atoms with E-state index >= 15 is 0 Å². The number of primary amides is 1. The van der Waals surface area contributed by atoms with Gasteiger partial charge in [-0.25, -0.2) is 9.97 Å². The quantitative estimate of drug-likeness (QED) is 0.272. The van der Waals surface area contributed by atoms with Crippen LogP contribution in [0.1, 0.15) is 48.3 Å². The number of amides is 1. The lowest BCUT2D eigenvalue weighted by Gasteiger charge is -2.36. The van der Waals surface area contributed by atoms with Crippen LogP contribution in [0.4, 0.5) is 0 Å². The molecule has 0 aliphatic carbocycles. The van der Waals surface area contributed by atoms with E-state index in [9.17, 15) is 4.79 Å². The van der Waals surface area contributed by atoms with Crippen LogP contribution in [0.3, 0.4) is 0 Å². The Bertz CT molecular complexity index is 1140. The van der Waals surface area contributed by atoms with Gasteiger partial charge in [-0.05, 0) is 41.4 Å². The van der Waals surface area contributed by atoms with Crippen LogP contribution in [0.2, 0.25) is 18.1 Å². The highest BCUT2D eigenvalue weighted by molar-refractivity contribution is 6.74. The summed E-state index contributed by atoms with van der Waals surface area (Å²) in [6.45, 7) is 12.4. The Hall–Kier alpha value is -3.37. The summed E-state index contributed by atoms with van der Waals surface area (Å²) in [5.41, 5.74) is 7.55. The van der Waals surface area contributed by atoms with E-state index in [0.717, 1.165) is 16.9 Å². The molecule has 0 fully saturated rings. The summed E-state index contributed by atoms with van der Waals surface area (Å²) < 4.78 is 28.4. The summed E-state index contributed by atoms with van der Waals surface area (Å²) in [6, 6.07) is 11.2. The van der Waals surface area contributed by atoms with E-state index in [1.54, 1.807) is 19.4 Å². The number of aromatic nitrogens is 2. The number of methoxy groups -OCH3 is 1. The molecule has 0 spiro atoms. The van der Waals surface area contributed by atoms with Crippen LogP contribution in [0.25, 0.3) is 0 Å². The Labute approximate surface area is 213 Å². The normalized spacial score (nSPS) is 11.8. The number of nitrogens with two attached hydrogens (primary N) is 1. The van der Waals surface area contributed by atoms with Crippen molar-refractivity contribution in [3.05, 3.63) is 65.3 Å². The molecule has 194 valence electrons. The molecule has 0 unspecified atom stereocenters. The summed E-state index contributed by atoms with van der Waals surface area (Å²) in [5.74, 6) is 0.426. The molecule has 10 heteroatoms. The molecular weight excluding hydrogens is 478 g/mol. The molecule has 0 saturated carbocycles. The minimum absolute atomic E-state index is 0.141. The van der Waals surface area contributed by atoms with Crippen molar-refractivity contribution in [1.29, 1.82) is 0 Å². The Morgan fingerprint density at radius 3 is 2.31 bits per heavy atom. The lowest BCUT2D eigenvalue weighted by atomic mass is 10.1. The second-order valence-corrected chi connectivity index (χ2v) is 14.7. The van der Waals surface area contributed by atoms with Crippen LogP contribution >= 0.6 is 0 Å². The maximum absolute atomic E-state index is 11.6. The molecule has 3 rings (SSSR count). The predicted molar refractivity (Wildman–Crippen MR) is 138 cm³/mol. The van der Waals surface area contributed by atoms with Crippen LogP contribution < -0.4 is 19.9 Å². The maximum Gasteiger partial charge on any atom is 0.309 e. The third-order valence-corrected chi connectivity index (χ3v) is 10.7. The number of nitrogens with zero attached hydrogens (tertiary/aromatic N) is 2. The van der Waals surface area contributed by atoms with E-state index in [1.165, 1.54) is 0 Å². The second kappa shape index (κ2) is 11.6. The van der Waals surface area contributed by atoms with Crippen molar-refractivity contribution in [2.24, 2.45) is 5.73 Å². The van der Waals surface area contributed by atoms with Crippen molar-refractivity contribution in [3.63, 3.8) is 0 Å². The lowest BCUT2D eigenvalue weighted by Crippen LogP contribution is -2.41. The van der Waals surface area contributed by atoms with Gasteiger partial charge in [-0.2, -0.15) is 0 Å². The number of oxazole rings is 1. The number of rotatable bonds is 12. The molecule has 0 radical (unpaired) electrons. The van der Waals surface area contributed by atoms with Gasteiger partial charge in [0.1, 0.15) is 24.7 Å². The Morgan fingerprint density at radius 2 is 1.72 bits per heavy atom. The minimum atomic E-state index is -1.78. The standard InChI is InChI=1S/C26H35N3O6Si/c1-26(2,3)36(5,6)34-14-13-32-20-10-7-18(8-11-20)17-33-25-21(29-24(35-25)23(27)30)15-19-9-12-22(31-4)28-16-19/h7-12,16H,13-15,17H2,1-6H3,(H2,27,30). The number of benzene rings is 1. The van der Waals surface area contributed by atoms with E-state index in [4.69, 9.17) is 28.8 Å². The van der Waals surface area contributed by atoms with Gasteiger partial charge >= 0.3 is 11.9 Å². The number of hydrogen-bond acceptors (Lipinski definition) is 8. The molecule has 36 heavy (non-hydrogen) atoms. The van der Waals surface area contributed by atoms with E-state index in [-0.39, 0.29) is 23.5 Å². The summed E-state index contributed by atoms with van der Waals surface area (Å²) in [7, 11) is -0.233.